The molecule has 0 saturated carbocycles. The van der Waals surface area contributed by atoms with Crippen molar-refractivity contribution in [2.24, 2.45) is 0 Å². The fourth-order valence-electron chi connectivity index (χ4n) is 6.40. The quantitative estimate of drug-likeness (QED) is 0.174. The van der Waals surface area contributed by atoms with Crippen molar-refractivity contribution in [2.45, 2.75) is 0 Å². The minimum Gasteiger partial charge on any atom is -0.456 e. The van der Waals surface area contributed by atoms with Gasteiger partial charge in [0.2, 0.25) is 0 Å². The molecule has 5 nitrogen and oxygen atoms in total. The summed E-state index contributed by atoms with van der Waals surface area (Å²) >= 11 is 0.601. The van der Waals surface area contributed by atoms with E-state index in [1.165, 1.54) is 0 Å². The standard InChI is InChI=1S/C51H29N3O2S/c1-3-12-30(13-4-1)34-26-40(48-39-17-8-10-21-45(39)57-46(48)29-34)37-18-11-20-42-47(37)38-25-23-33(28-44(38)56-42)51-53-49(31-14-5-2-6-15-31)52-50(54-51)32-22-24-36-35-16-7-9-19-41(35)55-43(36)27-32/h1-29H/i1D,2D,3D,4D,5D,6D,7D,8D,9D,10D,11D,12D,13D,14D,15D,16D,17D,18D,19D,20D,21D,22D,23D,24D,25D,26D,27D,28D,29D. The molecule has 0 atom stereocenters. The van der Waals surface area contributed by atoms with Crippen LogP contribution >= 0.6 is 11.3 Å². The molecule has 8 aromatic carbocycles. The molecule has 4 aromatic heterocycles. The predicted octanol–water partition coefficient (Wildman–Crippen LogP) is 14.4. The maximum absolute atomic E-state index is 9.96. The second-order valence-corrected chi connectivity index (χ2v) is 13.1. The Kier molecular flexibility index (Phi) is 3.22. The van der Waals surface area contributed by atoms with Gasteiger partial charge in [0.05, 0.1) is 39.8 Å². The van der Waals surface area contributed by atoms with Gasteiger partial charge in [0.25, 0.3) is 0 Å². The van der Waals surface area contributed by atoms with E-state index in [4.69, 9.17) is 37.6 Å². The molecule has 4 heterocycles. The van der Waals surface area contributed by atoms with Crippen molar-refractivity contribution in [1.29, 1.82) is 0 Å². The highest BCUT2D eigenvalue weighted by Crippen LogP contribution is 2.46. The van der Waals surface area contributed by atoms with Crippen molar-refractivity contribution in [1.82, 2.24) is 15.0 Å². The van der Waals surface area contributed by atoms with Gasteiger partial charge in [-0.1, -0.05) is 121 Å². The molecule has 266 valence electrons. The lowest BCUT2D eigenvalue weighted by molar-refractivity contribution is 0.668. The molecule has 0 saturated heterocycles. The van der Waals surface area contributed by atoms with Crippen molar-refractivity contribution < 1.29 is 48.6 Å². The number of fused-ring (bicyclic) bond motifs is 9. The number of hydrogen-bond donors (Lipinski definition) is 0. The van der Waals surface area contributed by atoms with E-state index in [-0.39, 0.29) is 25.6 Å². The number of furan rings is 2. The third kappa shape index (κ3) is 5.19. The van der Waals surface area contributed by atoms with Crippen molar-refractivity contribution >= 4 is 75.4 Å². The van der Waals surface area contributed by atoms with Crippen LogP contribution in [0.2, 0.25) is 0 Å². The van der Waals surface area contributed by atoms with E-state index in [2.05, 4.69) is 15.0 Å². The van der Waals surface area contributed by atoms with Crippen LogP contribution in [0.25, 0.3) is 120 Å². The average Bonchev–Trinajstić information content (AvgIpc) is 1.47. The summed E-state index contributed by atoms with van der Waals surface area (Å²) in [6, 6.07) is -24.2. The fraction of sp³-hybridized carbons (Fsp3) is 0. The highest BCUT2D eigenvalue weighted by Gasteiger charge is 2.20. The molecule has 0 amide bonds. The minimum atomic E-state index is -1.00. The summed E-state index contributed by atoms with van der Waals surface area (Å²) in [5, 5.41) is -2.54. The van der Waals surface area contributed by atoms with Crippen LogP contribution in [-0.2, 0) is 0 Å². The number of aromatic nitrogens is 3. The summed E-state index contributed by atoms with van der Waals surface area (Å²) in [4.78, 5) is 13.1. The number of nitrogens with zero attached hydrogens (tertiary/aromatic N) is 3. The minimum absolute atomic E-state index is 0.199. The lowest BCUT2D eigenvalue weighted by Crippen LogP contribution is -2.00. The average molecular weight is 777 g/mol. The van der Waals surface area contributed by atoms with Crippen LogP contribution in [0.4, 0.5) is 0 Å². The molecule has 0 radical (unpaired) electrons. The van der Waals surface area contributed by atoms with Gasteiger partial charge in [-0.25, -0.2) is 15.0 Å². The Morgan fingerprint density at radius 2 is 0.930 bits per heavy atom. The van der Waals surface area contributed by atoms with Gasteiger partial charge in [-0.3, -0.25) is 0 Å². The van der Waals surface area contributed by atoms with Gasteiger partial charge in [0, 0.05) is 58.4 Å². The number of thiophene rings is 1. The summed E-state index contributed by atoms with van der Waals surface area (Å²) < 4.78 is 271. The van der Waals surface area contributed by atoms with Gasteiger partial charge in [0.1, 0.15) is 22.3 Å². The first-order valence-corrected chi connectivity index (χ1v) is 17.4. The fourth-order valence-corrected chi connectivity index (χ4v) is 7.42. The van der Waals surface area contributed by atoms with E-state index in [9.17, 15) is 11.0 Å². The molecule has 0 fully saturated rings. The zero-order chi connectivity index (χ0) is 62.7. The lowest BCUT2D eigenvalue weighted by atomic mass is 9.92. The largest absolute Gasteiger partial charge is 0.456 e. The van der Waals surface area contributed by atoms with Crippen LogP contribution in [0.15, 0.2) is 184 Å². The molecule has 12 rings (SSSR count). The first-order valence-electron chi connectivity index (χ1n) is 31.1. The Bertz CT molecular complexity index is 5190. The van der Waals surface area contributed by atoms with E-state index in [0.717, 1.165) is 0 Å². The second-order valence-electron chi connectivity index (χ2n) is 12.1. The third-order valence-corrected chi connectivity index (χ3v) is 9.86. The van der Waals surface area contributed by atoms with Gasteiger partial charge in [-0.15, -0.1) is 11.3 Å². The number of benzene rings is 8. The van der Waals surface area contributed by atoms with Crippen molar-refractivity contribution in [3.8, 4) is 56.4 Å². The Morgan fingerprint density at radius 3 is 1.70 bits per heavy atom. The van der Waals surface area contributed by atoms with Crippen molar-refractivity contribution in [3.63, 3.8) is 0 Å². The summed E-state index contributed by atoms with van der Waals surface area (Å²) in [7, 11) is 0. The van der Waals surface area contributed by atoms with E-state index in [1.54, 1.807) is 0 Å². The Morgan fingerprint density at radius 1 is 0.351 bits per heavy atom. The normalized spacial score (nSPS) is 19.0. The first kappa shape index (κ1) is 14.6. The molecule has 0 bridgehead atoms. The monoisotopic (exact) mass is 776 g/mol. The molecule has 0 aliphatic carbocycles. The van der Waals surface area contributed by atoms with Crippen LogP contribution in [0.5, 0.6) is 0 Å². The van der Waals surface area contributed by atoms with Gasteiger partial charge in [-0.05, 0) is 76.6 Å². The second kappa shape index (κ2) is 12.6. The Hall–Kier alpha value is -7.41. The maximum atomic E-state index is 9.96. The predicted molar refractivity (Wildman–Crippen MR) is 234 cm³/mol. The van der Waals surface area contributed by atoms with Crippen LogP contribution in [0, 0.1) is 0 Å². The van der Waals surface area contributed by atoms with Crippen molar-refractivity contribution in [2.75, 3.05) is 0 Å². The van der Waals surface area contributed by atoms with E-state index < -0.39 is 270 Å². The van der Waals surface area contributed by atoms with Gasteiger partial charge in [-0.2, -0.15) is 0 Å². The van der Waals surface area contributed by atoms with Gasteiger partial charge in [0.15, 0.2) is 17.5 Å². The highest BCUT2D eigenvalue weighted by molar-refractivity contribution is 7.26. The summed E-state index contributed by atoms with van der Waals surface area (Å²) in [5.74, 6) is -2.48. The van der Waals surface area contributed by atoms with E-state index >= 15 is 0 Å². The zero-order valence-electron chi connectivity index (χ0n) is 57.1. The van der Waals surface area contributed by atoms with Crippen LogP contribution in [0.3, 0.4) is 0 Å². The van der Waals surface area contributed by atoms with E-state index in [0.29, 0.717) is 11.3 Å². The molecule has 0 aliphatic rings. The molecule has 12 aromatic rings. The molecule has 0 spiro atoms. The zero-order valence-corrected chi connectivity index (χ0v) is 28.9. The highest BCUT2D eigenvalue weighted by atomic mass is 32.1. The molecule has 0 unspecified atom stereocenters. The molecule has 6 heteroatoms. The molecule has 57 heavy (non-hydrogen) atoms. The van der Waals surface area contributed by atoms with Crippen LogP contribution < -0.4 is 0 Å². The molecular formula is C51H29N3O2S. The first-order chi connectivity index (χ1) is 40.3. The van der Waals surface area contributed by atoms with Crippen molar-refractivity contribution in [3.05, 3.63) is 175 Å². The SMILES string of the molecule is [2H]c1c([2H])c([2H])c(-c2nc(-c3c([2H])c([2H])c4c(oc5c([2H])c([2H])c([2H])c([2H])c54)c3[2H])nc(-c3c([2H])c([2H])c4c(oc5c([2H])c([2H])c([2H])c(-c6c([2H])c(-c7c([2H])c([2H])c([2H])c([2H])c7[2H])c([2H])c7sc8c([2H])c([2H])c([2H])c([2H])c8c67)c54)c3[2H])n2)c([2H])c1[2H]. The van der Waals surface area contributed by atoms with Gasteiger partial charge < -0.3 is 8.83 Å². The number of rotatable bonds is 5. The summed E-state index contributed by atoms with van der Waals surface area (Å²) in [6.07, 6.45) is 0. The number of hydrogen-bond acceptors (Lipinski definition) is 6. The van der Waals surface area contributed by atoms with Crippen LogP contribution in [0.1, 0.15) is 39.8 Å². The van der Waals surface area contributed by atoms with Crippen LogP contribution in [-0.4, -0.2) is 15.0 Å². The third-order valence-electron chi connectivity index (χ3n) is 8.84. The molecular weight excluding hydrogens is 719 g/mol. The topological polar surface area (TPSA) is 65.0 Å². The molecule has 0 aliphatic heterocycles. The summed E-state index contributed by atoms with van der Waals surface area (Å²) in [5.41, 5.74) is -7.28. The Labute approximate surface area is 370 Å². The maximum Gasteiger partial charge on any atom is 0.164 e. The van der Waals surface area contributed by atoms with E-state index in [1.807, 2.05) is 0 Å². The Balaban J connectivity index is 1.23. The molecule has 0 N–H and O–H groups in total. The number of para-hydroxylation sites is 1. The smallest absolute Gasteiger partial charge is 0.164 e. The van der Waals surface area contributed by atoms with Gasteiger partial charge >= 0.3 is 0 Å². The summed E-state index contributed by atoms with van der Waals surface area (Å²) in [6.45, 7) is 0. The lowest BCUT2D eigenvalue weighted by Gasteiger charge is -2.11.